The zero-order chi connectivity index (χ0) is 20.1. The van der Waals surface area contributed by atoms with Crippen molar-refractivity contribution in [3.63, 3.8) is 0 Å². The SMILES string of the molecule is Cc1nc(CN2CCN(C(=O)CN3CCN(Cc4ccccc4)CC3)CC2)cs1. The van der Waals surface area contributed by atoms with E-state index in [0.717, 1.165) is 76.1 Å². The summed E-state index contributed by atoms with van der Waals surface area (Å²) in [5.74, 6) is 0.283. The first kappa shape index (κ1) is 20.5. The van der Waals surface area contributed by atoms with E-state index in [2.05, 4.69) is 55.4 Å². The van der Waals surface area contributed by atoms with Crippen LogP contribution in [0.5, 0.6) is 0 Å². The number of hydrogen-bond donors (Lipinski definition) is 0. The Hall–Kier alpha value is -1.80. The van der Waals surface area contributed by atoms with Crippen LogP contribution >= 0.6 is 11.3 Å². The molecule has 2 fully saturated rings. The van der Waals surface area contributed by atoms with Crippen molar-refractivity contribution in [2.24, 2.45) is 0 Å². The van der Waals surface area contributed by atoms with Gasteiger partial charge in [0.05, 0.1) is 17.2 Å². The second-order valence-electron chi connectivity index (χ2n) is 8.05. The second-order valence-corrected chi connectivity index (χ2v) is 9.11. The molecule has 0 saturated carbocycles. The summed E-state index contributed by atoms with van der Waals surface area (Å²) in [7, 11) is 0. The lowest BCUT2D eigenvalue weighted by Crippen LogP contribution is -2.53. The normalized spacial score (nSPS) is 19.6. The third-order valence-corrected chi connectivity index (χ3v) is 6.67. The molecular weight excluding hydrogens is 382 g/mol. The fraction of sp³-hybridized carbons (Fsp3) is 0.545. The molecule has 0 bridgehead atoms. The molecule has 156 valence electrons. The van der Waals surface area contributed by atoms with Gasteiger partial charge in [0.15, 0.2) is 0 Å². The van der Waals surface area contributed by atoms with Crippen LogP contribution in [0.3, 0.4) is 0 Å². The summed E-state index contributed by atoms with van der Waals surface area (Å²) in [6.45, 7) is 12.1. The van der Waals surface area contributed by atoms with E-state index in [1.54, 1.807) is 11.3 Å². The molecule has 0 atom stereocenters. The molecule has 1 amide bonds. The maximum absolute atomic E-state index is 12.7. The number of rotatable bonds is 6. The standard InChI is InChI=1S/C22H31N5OS/c1-19-23-21(18-29-19)16-25-11-13-27(14-12-25)22(28)17-26-9-7-24(8-10-26)15-20-5-3-2-4-6-20/h2-6,18H,7-17H2,1H3. The highest BCUT2D eigenvalue weighted by molar-refractivity contribution is 7.09. The first-order valence-electron chi connectivity index (χ1n) is 10.6. The number of carbonyl (C=O) groups is 1. The van der Waals surface area contributed by atoms with Crippen LogP contribution in [-0.4, -0.2) is 89.4 Å². The fourth-order valence-corrected chi connectivity index (χ4v) is 4.71. The quantitative estimate of drug-likeness (QED) is 0.724. The lowest BCUT2D eigenvalue weighted by Gasteiger charge is -2.38. The van der Waals surface area contributed by atoms with Crippen LogP contribution in [0.15, 0.2) is 35.7 Å². The predicted octanol–water partition coefficient (Wildman–Crippen LogP) is 1.91. The molecule has 7 heteroatoms. The van der Waals surface area contributed by atoms with Crippen LogP contribution in [0.2, 0.25) is 0 Å². The number of aryl methyl sites for hydroxylation is 1. The van der Waals surface area contributed by atoms with Gasteiger partial charge >= 0.3 is 0 Å². The minimum atomic E-state index is 0.283. The minimum absolute atomic E-state index is 0.283. The fourth-order valence-electron chi connectivity index (χ4n) is 4.10. The van der Waals surface area contributed by atoms with E-state index in [0.29, 0.717) is 6.54 Å². The van der Waals surface area contributed by atoms with Crippen LogP contribution in [0, 0.1) is 6.92 Å². The summed E-state index contributed by atoms with van der Waals surface area (Å²) in [4.78, 5) is 26.5. The third-order valence-electron chi connectivity index (χ3n) is 5.85. The average molecular weight is 414 g/mol. The number of carbonyl (C=O) groups excluding carboxylic acids is 1. The number of aromatic nitrogens is 1. The van der Waals surface area contributed by atoms with Crippen LogP contribution in [0.4, 0.5) is 0 Å². The Kier molecular flexibility index (Phi) is 6.92. The van der Waals surface area contributed by atoms with Crippen molar-refractivity contribution >= 4 is 17.2 Å². The Labute approximate surface area is 177 Å². The van der Waals surface area contributed by atoms with Gasteiger partial charge in [-0.25, -0.2) is 4.98 Å². The van der Waals surface area contributed by atoms with E-state index < -0.39 is 0 Å². The van der Waals surface area contributed by atoms with Crippen LogP contribution in [0.25, 0.3) is 0 Å². The smallest absolute Gasteiger partial charge is 0.236 e. The third kappa shape index (κ3) is 5.85. The van der Waals surface area contributed by atoms with Gasteiger partial charge in [0, 0.05) is 70.8 Å². The highest BCUT2D eigenvalue weighted by Gasteiger charge is 2.25. The number of piperazine rings is 2. The zero-order valence-corrected chi connectivity index (χ0v) is 18.1. The van der Waals surface area contributed by atoms with Crippen molar-refractivity contribution < 1.29 is 4.79 Å². The Morgan fingerprint density at radius 1 is 0.897 bits per heavy atom. The van der Waals surface area contributed by atoms with Crippen molar-refractivity contribution in [1.82, 2.24) is 24.6 Å². The largest absolute Gasteiger partial charge is 0.339 e. The van der Waals surface area contributed by atoms with Gasteiger partial charge in [-0.2, -0.15) is 0 Å². The summed E-state index contributed by atoms with van der Waals surface area (Å²) in [6, 6.07) is 10.6. The van der Waals surface area contributed by atoms with E-state index in [-0.39, 0.29) is 5.91 Å². The van der Waals surface area contributed by atoms with Gasteiger partial charge in [0.25, 0.3) is 0 Å². The van der Waals surface area contributed by atoms with Crippen molar-refractivity contribution in [3.05, 3.63) is 52.0 Å². The maximum Gasteiger partial charge on any atom is 0.236 e. The second kappa shape index (κ2) is 9.80. The van der Waals surface area contributed by atoms with E-state index >= 15 is 0 Å². The molecule has 1 aromatic carbocycles. The number of amides is 1. The molecule has 0 unspecified atom stereocenters. The van der Waals surface area contributed by atoms with Crippen molar-refractivity contribution in [2.45, 2.75) is 20.0 Å². The van der Waals surface area contributed by atoms with Gasteiger partial charge in [0.2, 0.25) is 5.91 Å². The summed E-state index contributed by atoms with van der Waals surface area (Å²) in [5.41, 5.74) is 2.52. The highest BCUT2D eigenvalue weighted by Crippen LogP contribution is 2.13. The number of thiazole rings is 1. The molecule has 1 aromatic heterocycles. The molecule has 0 N–H and O–H groups in total. The lowest BCUT2D eigenvalue weighted by atomic mass is 10.2. The summed E-state index contributed by atoms with van der Waals surface area (Å²) >= 11 is 1.71. The molecule has 2 aliphatic rings. The number of benzene rings is 1. The van der Waals surface area contributed by atoms with Crippen LogP contribution < -0.4 is 0 Å². The molecule has 0 radical (unpaired) electrons. The number of nitrogens with zero attached hydrogens (tertiary/aromatic N) is 5. The molecule has 3 heterocycles. The van der Waals surface area contributed by atoms with Crippen molar-refractivity contribution in [2.75, 3.05) is 58.9 Å². The molecule has 0 aliphatic carbocycles. The summed E-state index contributed by atoms with van der Waals surface area (Å²) in [6.07, 6.45) is 0. The van der Waals surface area contributed by atoms with Gasteiger partial charge in [-0.15, -0.1) is 11.3 Å². The van der Waals surface area contributed by atoms with E-state index in [4.69, 9.17) is 0 Å². The molecular formula is C22H31N5OS. The summed E-state index contributed by atoms with van der Waals surface area (Å²) < 4.78 is 0. The van der Waals surface area contributed by atoms with Gasteiger partial charge in [0.1, 0.15) is 0 Å². The molecule has 2 aromatic rings. The number of hydrogen-bond acceptors (Lipinski definition) is 6. The van der Waals surface area contributed by atoms with Gasteiger partial charge in [-0.1, -0.05) is 30.3 Å². The Balaban J connectivity index is 1.16. The summed E-state index contributed by atoms with van der Waals surface area (Å²) in [5, 5.41) is 3.27. The molecule has 4 rings (SSSR count). The molecule has 2 aliphatic heterocycles. The molecule has 6 nitrogen and oxygen atoms in total. The molecule has 0 spiro atoms. The minimum Gasteiger partial charge on any atom is -0.339 e. The van der Waals surface area contributed by atoms with Crippen LogP contribution in [0.1, 0.15) is 16.3 Å². The monoisotopic (exact) mass is 413 g/mol. The Morgan fingerprint density at radius 3 is 2.17 bits per heavy atom. The van der Waals surface area contributed by atoms with E-state index in [9.17, 15) is 4.79 Å². The Bertz CT molecular complexity index is 780. The van der Waals surface area contributed by atoms with Crippen molar-refractivity contribution in [3.8, 4) is 0 Å². The van der Waals surface area contributed by atoms with Gasteiger partial charge in [-0.3, -0.25) is 19.5 Å². The topological polar surface area (TPSA) is 42.9 Å². The first-order valence-corrected chi connectivity index (χ1v) is 11.4. The Morgan fingerprint density at radius 2 is 1.52 bits per heavy atom. The van der Waals surface area contributed by atoms with Gasteiger partial charge in [-0.05, 0) is 12.5 Å². The van der Waals surface area contributed by atoms with Crippen LogP contribution in [-0.2, 0) is 17.9 Å². The van der Waals surface area contributed by atoms with E-state index in [1.807, 2.05) is 11.8 Å². The predicted molar refractivity (Wildman–Crippen MR) is 117 cm³/mol. The zero-order valence-electron chi connectivity index (χ0n) is 17.3. The van der Waals surface area contributed by atoms with E-state index in [1.165, 1.54) is 5.56 Å². The average Bonchev–Trinajstić information content (AvgIpc) is 3.15. The first-order chi connectivity index (χ1) is 14.2. The highest BCUT2D eigenvalue weighted by atomic mass is 32.1. The lowest BCUT2D eigenvalue weighted by molar-refractivity contribution is -0.134. The van der Waals surface area contributed by atoms with Gasteiger partial charge < -0.3 is 4.90 Å². The van der Waals surface area contributed by atoms with Crippen molar-refractivity contribution in [1.29, 1.82) is 0 Å². The molecule has 29 heavy (non-hydrogen) atoms. The molecule has 2 saturated heterocycles. The maximum atomic E-state index is 12.7.